The standard InChI is InChI=1S/C28H30ClFN4O3/c1-17-16-33(18(2)19-5-7-20(30)8-6-19)11-12-34(17)27(36)22-13-21-23(15-31-25(21)14-24(22)29)26(35)28(37)32-9-3-4-10-32/h5-8,13-15,17-18,31H,3-4,9-12,16H2,1-2H3/t17-,18-/m1/s1. The zero-order valence-corrected chi connectivity index (χ0v) is 21.7. The van der Waals surface area contributed by atoms with Crippen LogP contribution in [0.3, 0.4) is 0 Å². The molecule has 37 heavy (non-hydrogen) atoms. The second kappa shape index (κ2) is 10.3. The number of aromatic nitrogens is 1. The fourth-order valence-corrected chi connectivity index (χ4v) is 5.66. The normalized spacial score (nSPS) is 19.4. The summed E-state index contributed by atoms with van der Waals surface area (Å²) in [4.78, 5) is 48.0. The number of Topliss-reactive ketones (excluding diaryl/α,β-unsaturated/α-hetero) is 1. The average Bonchev–Trinajstić information content (AvgIpc) is 3.57. The van der Waals surface area contributed by atoms with Crippen LogP contribution in [0.1, 0.15) is 59.0 Å². The molecule has 0 bridgehead atoms. The molecule has 1 aromatic heterocycles. The molecule has 0 radical (unpaired) electrons. The predicted molar refractivity (Wildman–Crippen MR) is 140 cm³/mol. The van der Waals surface area contributed by atoms with Gasteiger partial charge < -0.3 is 14.8 Å². The number of hydrogen-bond donors (Lipinski definition) is 1. The van der Waals surface area contributed by atoms with E-state index in [9.17, 15) is 18.8 Å². The van der Waals surface area contributed by atoms with Crippen molar-refractivity contribution < 1.29 is 18.8 Å². The molecule has 1 N–H and O–H groups in total. The summed E-state index contributed by atoms with van der Waals surface area (Å²) < 4.78 is 13.3. The second-order valence-electron chi connectivity index (χ2n) is 9.98. The van der Waals surface area contributed by atoms with E-state index in [-0.39, 0.29) is 29.4 Å². The number of hydrogen-bond acceptors (Lipinski definition) is 4. The SMILES string of the molecule is C[C@H](c1ccc(F)cc1)N1CCN(C(=O)c2cc3c(C(=O)C(=O)N4CCCC4)c[nH]c3cc2Cl)[C@H](C)C1. The number of halogens is 2. The summed E-state index contributed by atoms with van der Waals surface area (Å²) in [6, 6.07) is 9.78. The van der Waals surface area contributed by atoms with E-state index in [4.69, 9.17) is 11.6 Å². The summed E-state index contributed by atoms with van der Waals surface area (Å²) in [5, 5.41) is 0.806. The number of benzene rings is 2. The maximum Gasteiger partial charge on any atom is 0.295 e. The van der Waals surface area contributed by atoms with E-state index in [1.54, 1.807) is 34.1 Å². The lowest BCUT2D eigenvalue weighted by Crippen LogP contribution is -2.54. The molecule has 0 spiro atoms. The van der Waals surface area contributed by atoms with Crippen LogP contribution in [0.4, 0.5) is 4.39 Å². The predicted octanol–water partition coefficient (Wildman–Crippen LogP) is 4.67. The molecule has 2 amide bonds. The third-order valence-corrected chi connectivity index (χ3v) is 7.96. The monoisotopic (exact) mass is 524 g/mol. The Kier molecular flexibility index (Phi) is 7.05. The Balaban J connectivity index is 1.35. The molecule has 2 aliphatic heterocycles. The Morgan fingerprint density at radius 1 is 1.03 bits per heavy atom. The molecule has 0 unspecified atom stereocenters. The van der Waals surface area contributed by atoms with Gasteiger partial charge in [-0.05, 0) is 56.5 Å². The van der Waals surface area contributed by atoms with Crippen LogP contribution >= 0.6 is 11.6 Å². The van der Waals surface area contributed by atoms with Crippen LogP contribution in [-0.4, -0.2) is 76.0 Å². The van der Waals surface area contributed by atoms with Gasteiger partial charge in [0.05, 0.1) is 16.1 Å². The van der Waals surface area contributed by atoms with E-state index in [1.807, 2.05) is 6.92 Å². The lowest BCUT2D eigenvalue weighted by molar-refractivity contribution is -0.125. The van der Waals surface area contributed by atoms with Crippen molar-refractivity contribution in [1.29, 1.82) is 0 Å². The van der Waals surface area contributed by atoms with Gasteiger partial charge in [0.25, 0.3) is 17.6 Å². The van der Waals surface area contributed by atoms with Crippen molar-refractivity contribution in [1.82, 2.24) is 19.7 Å². The number of carbonyl (C=O) groups is 3. The minimum atomic E-state index is -0.578. The fourth-order valence-electron chi connectivity index (χ4n) is 5.42. The topological polar surface area (TPSA) is 76.7 Å². The zero-order valence-electron chi connectivity index (χ0n) is 21.0. The number of aromatic amines is 1. The summed E-state index contributed by atoms with van der Waals surface area (Å²) in [6.07, 6.45) is 3.31. The fraction of sp³-hybridized carbons (Fsp3) is 0.393. The van der Waals surface area contributed by atoms with Gasteiger partial charge in [0.1, 0.15) is 5.82 Å². The maximum absolute atomic E-state index is 13.6. The first-order chi connectivity index (χ1) is 17.7. The second-order valence-corrected chi connectivity index (χ2v) is 10.4. The highest BCUT2D eigenvalue weighted by atomic mass is 35.5. The average molecular weight is 525 g/mol. The Labute approximate surface area is 220 Å². The van der Waals surface area contributed by atoms with E-state index in [1.165, 1.54) is 18.3 Å². The highest BCUT2D eigenvalue weighted by Crippen LogP contribution is 2.30. The zero-order chi connectivity index (χ0) is 26.3. The van der Waals surface area contributed by atoms with E-state index in [2.05, 4.69) is 16.8 Å². The van der Waals surface area contributed by atoms with Gasteiger partial charge in [-0.25, -0.2) is 4.39 Å². The number of amides is 2. The van der Waals surface area contributed by atoms with E-state index in [0.717, 1.165) is 18.4 Å². The van der Waals surface area contributed by atoms with E-state index < -0.39 is 11.7 Å². The van der Waals surface area contributed by atoms with Crippen LogP contribution in [0.15, 0.2) is 42.6 Å². The Morgan fingerprint density at radius 3 is 2.41 bits per heavy atom. The van der Waals surface area contributed by atoms with Gasteiger partial charge in [-0.15, -0.1) is 0 Å². The molecule has 9 heteroatoms. The molecular weight excluding hydrogens is 495 g/mol. The number of nitrogens with one attached hydrogen (secondary N) is 1. The number of nitrogens with zero attached hydrogens (tertiary/aromatic N) is 3. The van der Waals surface area contributed by atoms with Crippen molar-refractivity contribution in [2.45, 2.75) is 38.8 Å². The first-order valence-corrected chi connectivity index (χ1v) is 13.1. The molecule has 194 valence electrons. The Hall–Kier alpha value is -3.23. The minimum Gasteiger partial charge on any atom is -0.360 e. The highest BCUT2D eigenvalue weighted by Gasteiger charge is 2.32. The van der Waals surface area contributed by atoms with Crippen molar-refractivity contribution in [3.63, 3.8) is 0 Å². The van der Waals surface area contributed by atoms with E-state index in [0.29, 0.717) is 54.2 Å². The van der Waals surface area contributed by atoms with Crippen LogP contribution in [0.25, 0.3) is 10.9 Å². The summed E-state index contributed by atoms with van der Waals surface area (Å²) in [5.74, 6) is -1.56. The van der Waals surface area contributed by atoms with Crippen molar-refractivity contribution in [3.8, 4) is 0 Å². The van der Waals surface area contributed by atoms with Gasteiger partial charge in [0.2, 0.25) is 0 Å². The van der Waals surface area contributed by atoms with Crippen LogP contribution in [-0.2, 0) is 4.79 Å². The van der Waals surface area contributed by atoms with Crippen LogP contribution < -0.4 is 0 Å². The first-order valence-electron chi connectivity index (χ1n) is 12.7. The van der Waals surface area contributed by atoms with Crippen molar-refractivity contribution in [2.75, 3.05) is 32.7 Å². The molecule has 2 atom stereocenters. The maximum atomic E-state index is 13.6. The minimum absolute atomic E-state index is 0.0833. The summed E-state index contributed by atoms with van der Waals surface area (Å²) in [5.41, 5.74) is 2.19. The summed E-state index contributed by atoms with van der Waals surface area (Å²) in [6.45, 7) is 7.07. The third kappa shape index (κ3) is 4.88. The molecule has 0 saturated carbocycles. The van der Waals surface area contributed by atoms with Crippen LogP contribution in [0.2, 0.25) is 5.02 Å². The summed E-state index contributed by atoms with van der Waals surface area (Å²) >= 11 is 6.52. The van der Waals surface area contributed by atoms with Crippen molar-refractivity contribution in [2.24, 2.45) is 0 Å². The number of likely N-dealkylation sites (tertiary alicyclic amines) is 1. The number of piperazine rings is 1. The highest BCUT2D eigenvalue weighted by molar-refractivity contribution is 6.45. The molecule has 0 aliphatic carbocycles. The van der Waals surface area contributed by atoms with Gasteiger partial charge >= 0.3 is 0 Å². The molecule has 2 saturated heterocycles. The van der Waals surface area contributed by atoms with Crippen molar-refractivity contribution in [3.05, 3.63) is 70.1 Å². The number of ketones is 1. The van der Waals surface area contributed by atoms with Gasteiger partial charge in [-0.2, -0.15) is 0 Å². The molecule has 5 rings (SSSR count). The molecule has 2 fully saturated rings. The molecule has 2 aromatic carbocycles. The molecule has 2 aliphatic rings. The third-order valence-electron chi connectivity index (χ3n) is 7.65. The quantitative estimate of drug-likeness (QED) is 0.388. The van der Waals surface area contributed by atoms with E-state index >= 15 is 0 Å². The van der Waals surface area contributed by atoms with Crippen LogP contribution in [0.5, 0.6) is 0 Å². The van der Waals surface area contributed by atoms with Gasteiger partial charge in [0.15, 0.2) is 0 Å². The Morgan fingerprint density at radius 2 is 1.73 bits per heavy atom. The lowest BCUT2D eigenvalue weighted by atomic mass is 10.0. The number of H-pyrrole nitrogens is 1. The number of fused-ring (bicyclic) bond motifs is 1. The van der Waals surface area contributed by atoms with Crippen molar-refractivity contribution >= 4 is 40.1 Å². The summed E-state index contributed by atoms with van der Waals surface area (Å²) in [7, 11) is 0. The van der Waals surface area contributed by atoms with Crippen LogP contribution in [0, 0.1) is 5.82 Å². The lowest BCUT2D eigenvalue weighted by Gasteiger charge is -2.42. The number of rotatable bonds is 5. The molecule has 7 nitrogen and oxygen atoms in total. The van der Waals surface area contributed by atoms with Gasteiger partial charge in [-0.3, -0.25) is 19.3 Å². The van der Waals surface area contributed by atoms with Gasteiger partial charge in [0, 0.05) is 61.9 Å². The molecular formula is C28H30ClFN4O3. The van der Waals surface area contributed by atoms with Gasteiger partial charge in [-0.1, -0.05) is 23.7 Å². The largest absolute Gasteiger partial charge is 0.360 e. The first kappa shape index (κ1) is 25.4. The molecule has 3 heterocycles. The Bertz CT molecular complexity index is 1350. The molecule has 3 aromatic rings. The number of carbonyl (C=O) groups excluding carboxylic acids is 3. The smallest absolute Gasteiger partial charge is 0.295 e.